The Morgan fingerprint density at radius 2 is 2.11 bits per heavy atom. The van der Waals surface area contributed by atoms with E-state index in [1.165, 1.54) is 6.07 Å². The molecule has 3 nitrogen and oxygen atoms in total. The normalized spacial score (nSPS) is 11.8. The van der Waals surface area contributed by atoms with Crippen molar-refractivity contribution in [3.63, 3.8) is 0 Å². The first kappa shape index (κ1) is 14.4. The average molecular weight is 329 g/mol. The van der Waals surface area contributed by atoms with Gasteiger partial charge < -0.3 is 0 Å². The number of alkyl halides is 3. The van der Waals surface area contributed by atoms with Gasteiger partial charge in [0.25, 0.3) is 0 Å². The van der Waals surface area contributed by atoms with Crippen LogP contribution in [0.2, 0.25) is 8.67 Å². The molecule has 0 amide bonds. The van der Waals surface area contributed by atoms with Gasteiger partial charge in [-0.15, -0.1) is 11.3 Å². The first-order valence-electron chi connectivity index (χ1n) is 4.85. The summed E-state index contributed by atoms with van der Waals surface area (Å²) in [6.07, 6.45) is -3.06. The van der Waals surface area contributed by atoms with E-state index < -0.39 is 17.5 Å². The molecule has 19 heavy (non-hydrogen) atoms. The first-order chi connectivity index (χ1) is 8.77. The third-order valence-corrected chi connectivity index (χ3v) is 3.71. The molecule has 0 aliphatic carbocycles. The fraction of sp³-hybridized carbons (Fsp3) is 0.200. The molecule has 0 saturated heterocycles. The molecule has 0 spiro atoms. The summed E-state index contributed by atoms with van der Waals surface area (Å²) >= 11 is 12.5. The average Bonchev–Trinajstić information content (AvgIpc) is 2.84. The quantitative estimate of drug-likeness (QED) is 0.793. The van der Waals surface area contributed by atoms with Crippen LogP contribution in [-0.2, 0) is 12.7 Å². The summed E-state index contributed by atoms with van der Waals surface area (Å²) in [4.78, 5) is 11.8. The van der Waals surface area contributed by atoms with Crippen molar-refractivity contribution in [2.45, 2.75) is 12.7 Å². The summed E-state index contributed by atoms with van der Waals surface area (Å²) in [6, 6.07) is 1.38. The highest BCUT2D eigenvalue weighted by Crippen LogP contribution is 2.32. The van der Waals surface area contributed by atoms with Crippen LogP contribution in [0, 0.1) is 0 Å². The molecule has 0 aliphatic heterocycles. The SMILES string of the molecule is O=C(Cn1cc(C(F)(F)F)cn1)c1cc(Cl)sc1Cl. The number of rotatable bonds is 3. The number of hydrogen-bond acceptors (Lipinski definition) is 3. The molecule has 0 bridgehead atoms. The standard InChI is InChI=1S/C10H5Cl2F3N2OS/c11-8-1-6(9(12)19-8)7(18)4-17-3-5(2-16-17)10(13,14)15/h1-3H,4H2. The zero-order chi connectivity index (χ0) is 14.2. The Hall–Kier alpha value is -1.05. The van der Waals surface area contributed by atoms with Crippen molar-refractivity contribution in [1.82, 2.24) is 9.78 Å². The van der Waals surface area contributed by atoms with E-state index in [0.717, 1.165) is 22.2 Å². The minimum Gasteiger partial charge on any atom is -0.292 e. The zero-order valence-electron chi connectivity index (χ0n) is 9.04. The molecule has 0 radical (unpaired) electrons. The van der Waals surface area contributed by atoms with E-state index in [1.807, 2.05) is 0 Å². The monoisotopic (exact) mass is 328 g/mol. The van der Waals surface area contributed by atoms with Crippen molar-refractivity contribution in [1.29, 1.82) is 0 Å². The Labute approximate surface area is 119 Å². The Bertz CT molecular complexity index is 621. The minimum absolute atomic E-state index is 0.181. The van der Waals surface area contributed by atoms with Gasteiger partial charge in [-0.05, 0) is 6.07 Å². The van der Waals surface area contributed by atoms with E-state index in [4.69, 9.17) is 23.2 Å². The molecule has 0 fully saturated rings. The van der Waals surface area contributed by atoms with Crippen LogP contribution in [0.15, 0.2) is 18.5 Å². The van der Waals surface area contributed by atoms with Crippen molar-refractivity contribution >= 4 is 40.3 Å². The molecule has 0 atom stereocenters. The molecule has 2 aromatic rings. The van der Waals surface area contributed by atoms with Crippen molar-refractivity contribution in [2.24, 2.45) is 0 Å². The summed E-state index contributed by atoms with van der Waals surface area (Å²) in [5, 5.41) is 3.49. The van der Waals surface area contributed by atoms with Crippen molar-refractivity contribution in [2.75, 3.05) is 0 Å². The molecule has 0 N–H and O–H groups in total. The third kappa shape index (κ3) is 3.29. The van der Waals surface area contributed by atoms with Crippen LogP contribution in [0.3, 0.4) is 0 Å². The minimum atomic E-state index is -4.48. The van der Waals surface area contributed by atoms with Gasteiger partial charge in [-0.3, -0.25) is 9.48 Å². The molecule has 2 heterocycles. The molecule has 2 rings (SSSR count). The number of carbonyl (C=O) groups is 1. The summed E-state index contributed by atoms with van der Waals surface area (Å²) in [5.74, 6) is -0.454. The second kappa shape index (κ2) is 5.15. The topological polar surface area (TPSA) is 34.9 Å². The van der Waals surface area contributed by atoms with E-state index in [9.17, 15) is 18.0 Å². The lowest BCUT2D eigenvalue weighted by Crippen LogP contribution is -2.10. The van der Waals surface area contributed by atoms with E-state index in [-0.39, 0.29) is 16.4 Å². The number of hydrogen-bond donors (Lipinski definition) is 0. The van der Waals surface area contributed by atoms with Crippen LogP contribution >= 0.6 is 34.5 Å². The maximum absolute atomic E-state index is 12.4. The number of aromatic nitrogens is 2. The zero-order valence-corrected chi connectivity index (χ0v) is 11.4. The molecule has 9 heteroatoms. The number of halogens is 5. The van der Waals surface area contributed by atoms with Gasteiger partial charge in [-0.1, -0.05) is 23.2 Å². The number of ketones is 1. The number of thiophene rings is 1. The second-order valence-corrected chi connectivity index (χ2v) is 5.87. The maximum Gasteiger partial charge on any atom is 0.419 e. The highest BCUT2D eigenvalue weighted by atomic mass is 35.5. The number of carbonyl (C=O) groups excluding carboxylic acids is 1. The van der Waals surface area contributed by atoms with Gasteiger partial charge in [0, 0.05) is 6.20 Å². The smallest absolute Gasteiger partial charge is 0.292 e. The van der Waals surface area contributed by atoms with Crippen LogP contribution < -0.4 is 0 Å². The van der Waals surface area contributed by atoms with Crippen LogP contribution in [0.4, 0.5) is 13.2 Å². The summed E-state index contributed by atoms with van der Waals surface area (Å²) in [6.45, 7) is -0.330. The van der Waals surface area contributed by atoms with Gasteiger partial charge in [0.2, 0.25) is 0 Å². The fourth-order valence-electron chi connectivity index (χ4n) is 1.36. The van der Waals surface area contributed by atoms with E-state index in [0.29, 0.717) is 10.5 Å². The van der Waals surface area contributed by atoms with Gasteiger partial charge in [-0.2, -0.15) is 18.3 Å². The molecule has 0 unspecified atom stereocenters. The van der Waals surface area contributed by atoms with Gasteiger partial charge >= 0.3 is 6.18 Å². The van der Waals surface area contributed by atoms with E-state index in [1.54, 1.807) is 0 Å². The molecule has 0 aliphatic rings. The summed E-state index contributed by atoms with van der Waals surface area (Å²) in [5.41, 5.74) is -0.726. The van der Waals surface area contributed by atoms with Crippen LogP contribution in [0.1, 0.15) is 15.9 Å². The molecule has 0 saturated carbocycles. The predicted molar refractivity (Wildman–Crippen MR) is 65.9 cm³/mol. The van der Waals surface area contributed by atoms with Gasteiger partial charge in [0.15, 0.2) is 5.78 Å². The van der Waals surface area contributed by atoms with Gasteiger partial charge in [0.05, 0.1) is 21.7 Å². The van der Waals surface area contributed by atoms with Gasteiger partial charge in [-0.25, -0.2) is 0 Å². The predicted octanol–water partition coefficient (Wildman–Crippen LogP) is 4.15. The lowest BCUT2D eigenvalue weighted by atomic mass is 10.2. The second-order valence-electron chi connectivity index (χ2n) is 3.59. The lowest BCUT2D eigenvalue weighted by Gasteiger charge is -2.01. The van der Waals surface area contributed by atoms with Crippen LogP contribution in [-0.4, -0.2) is 15.6 Å². The van der Waals surface area contributed by atoms with Crippen LogP contribution in [0.25, 0.3) is 0 Å². The molecular formula is C10H5Cl2F3N2OS. The number of nitrogens with zero attached hydrogens (tertiary/aromatic N) is 2. The fourth-order valence-corrected chi connectivity index (χ4v) is 2.86. The molecular weight excluding hydrogens is 324 g/mol. The Morgan fingerprint density at radius 3 is 2.58 bits per heavy atom. The third-order valence-electron chi connectivity index (χ3n) is 2.22. The molecule has 2 aromatic heterocycles. The summed E-state index contributed by atoms with van der Waals surface area (Å²) in [7, 11) is 0. The Kier molecular flexibility index (Phi) is 3.89. The summed E-state index contributed by atoms with van der Waals surface area (Å²) < 4.78 is 38.5. The first-order valence-corrected chi connectivity index (χ1v) is 6.42. The van der Waals surface area contributed by atoms with E-state index in [2.05, 4.69) is 5.10 Å². The Balaban J connectivity index is 2.16. The van der Waals surface area contributed by atoms with Crippen molar-refractivity contribution in [3.8, 4) is 0 Å². The highest BCUT2D eigenvalue weighted by Gasteiger charge is 2.32. The number of Topliss-reactive ketones (excluding diaryl/α,β-unsaturated/α-hetero) is 1. The Morgan fingerprint density at radius 1 is 1.42 bits per heavy atom. The molecule has 102 valence electrons. The molecule has 0 aromatic carbocycles. The maximum atomic E-state index is 12.4. The van der Waals surface area contributed by atoms with E-state index >= 15 is 0 Å². The van der Waals surface area contributed by atoms with Crippen molar-refractivity contribution in [3.05, 3.63) is 38.3 Å². The lowest BCUT2D eigenvalue weighted by molar-refractivity contribution is -0.137. The highest BCUT2D eigenvalue weighted by molar-refractivity contribution is 7.20. The van der Waals surface area contributed by atoms with Crippen molar-refractivity contribution < 1.29 is 18.0 Å². The van der Waals surface area contributed by atoms with Crippen LogP contribution in [0.5, 0.6) is 0 Å². The van der Waals surface area contributed by atoms with Gasteiger partial charge in [0.1, 0.15) is 10.9 Å². The largest absolute Gasteiger partial charge is 0.419 e.